The smallest absolute Gasteiger partial charge is 0.254 e. The molecule has 1 aromatic heterocycles. The molecule has 5 rings (SSSR count). The number of primary amides is 1. The van der Waals surface area contributed by atoms with Crippen molar-refractivity contribution in [3.8, 4) is 17.2 Å². The molecule has 0 bridgehead atoms. The summed E-state index contributed by atoms with van der Waals surface area (Å²) in [6, 6.07) is 21.6. The lowest BCUT2D eigenvalue weighted by Gasteiger charge is -2.39. The monoisotopic (exact) mass is 468 g/mol. The Morgan fingerprint density at radius 3 is 2.37 bits per heavy atom. The minimum atomic E-state index is -0.490. The zero-order valence-electron chi connectivity index (χ0n) is 19.9. The van der Waals surface area contributed by atoms with Gasteiger partial charge in [-0.05, 0) is 67.7 Å². The van der Waals surface area contributed by atoms with Gasteiger partial charge in [-0.15, -0.1) is 0 Å². The van der Waals surface area contributed by atoms with Crippen molar-refractivity contribution in [2.45, 2.75) is 56.5 Å². The van der Waals surface area contributed by atoms with Gasteiger partial charge < -0.3 is 16.4 Å². The second-order valence-corrected chi connectivity index (χ2v) is 9.95. The van der Waals surface area contributed by atoms with Crippen LogP contribution in [0.5, 0.6) is 0 Å². The van der Waals surface area contributed by atoms with Gasteiger partial charge in [0.1, 0.15) is 5.56 Å². The number of hydrogen-bond donors (Lipinski definition) is 3. The molecule has 0 unspecified atom stereocenters. The van der Waals surface area contributed by atoms with Crippen LogP contribution in [0.3, 0.4) is 0 Å². The first-order valence-electron chi connectivity index (χ1n) is 12.5. The number of carbonyl (C=O) groups excluding carboxylic acids is 1. The molecule has 2 aliphatic rings. The van der Waals surface area contributed by atoms with Gasteiger partial charge >= 0.3 is 0 Å². The van der Waals surface area contributed by atoms with E-state index in [1.165, 1.54) is 24.0 Å². The highest BCUT2D eigenvalue weighted by Gasteiger charge is 2.39. The van der Waals surface area contributed by atoms with Crippen LogP contribution in [-0.2, 0) is 5.54 Å². The Morgan fingerprint density at radius 1 is 1.06 bits per heavy atom. The van der Waals surface area contributed by atoms with E-state index in [9.17, 15) is 10.1 Å². The summed E-state index contributed by atoms with van der Waals surface area (Å²) in [7, 11) is 0. The highest BCUT2D eigenvalue weighted by atomic mass is 16.1. The Bertz CT molecular complexity index is 1200. The molecule has 2 fully saturated rings. The average molecular weight is 469 g/mol. The van der Waals surface area contributed by atoms with Crippen LogP contribution in [0.1, 0.15) is 55.3 Å². The Balaban J connectivity index is 1.26. The SMILES string of the molecule is N#CCC1(n2cc(C(N)=O)c(NCC3CC3)n2)CCC(Nc2ccc(-c3ccccc3)cc2)CC1. The molecule has 1 amide bonds. The maximum Gasteiger partial charge on any atom is 0.254 e. The molecule has 0 spiro atoms. The van der Waals surface area contributed by atoms with Crippen molar-refractivity contribution < 1.29 is 4.79 Å². The van der Waals surface area contributed by atoms with Crippen LogP contribution in [0.15, 0.2) is 60.8 Å². The van der Waals surface area contributed by atoms with Crippen molar-refractivity contribution in [2.75, 3.05) is 17.2 Å². The van der Waals surface area contributed by atoms with Crippen LogP contribution in [0.2, 0.25) is 0 Å². The molecule has 3 aromatic rings. The van der Waals surface area contributed by atoms with Crippen LogP contribution in [0.25, 0.3) is 11.1 Å². The molecule has 2 aliphatic carbocycles. The van der Waals surface area contributed by atoms with Gasteiger partial charge in [0.2, 0.25) is 0 Å². The van der Waals surface area contributed by atoms with Crippen molar-refractivity contribution >= 4 is 17.4 Å². The molecule has 1 heterocycles. The lowest BCUT2D eigenvalue weighted by Crippen LogP contribution is -2.41. The number of nitriles is 1. The van der Waals surface area contributed by atoms with Crippen molar-refractivity contribution in [1.82, 2.24) is 9.78 Å². The van der Waals surface area contributed by atoms with E-state index in [1.807, 2.05) is 10.7 Å². The average Bonchev–Trinajstić information content (AvgIpc) is 3.61. The number of amides is 1. The highest BCUT2D eigenvalue weighted by molar-refractivity contribution is 5.97. The summed E-state index contributed by atoms with van der Waals surface area (Å²) in [5.41, 5.74) is 9.13. The molecule has 2 saturated carbocycles. The summed E-state index contributed by atoms with van der Waals surface area (Å²) < 4.78 is 1.84. The lowest BCUT2D eigenvalue weighted by atomic mass is 9.77. The van der Waals surface area contributed by atoms with E-state index in [0.29, 0.717) is 29.8 Å². The number of nitrogens with zero attached hydrogens (tertiary/aromatic N) is 3. The Hall–Kier alpha value is -3.79. The van der Waals surface area contributed by atoms with E-state index in [2.05, 4.69) is 65.2 Å². The summed E-state index contributed by atoms with van der Waals surface area (Å²) in [4.78, 5) is 12.1. The van der Waals surface area contributed by atoms with Crippen LogP contribution in [-0.4, -0.2) is 28.3 Å². The second-order valence-electron chi connectivity index (χ2n) is 9.95. The zero-order valence-corrected chi connectivity index (χ0v) is 19.9. The topological polar surface area (TPSA) is 109 Å². The molecule has 180 valence electrons. The van der Waals surface area contributed by atoms with Gasteiger partial charge in [0.05, 0.1) is 18.0 Å². The van der Waals surface area contributed by atoms with Crippen molar-refractivity contribution in [1.29, 1.82) is 5.26 Å². The predicted molar refractivity (Wildman–Crippen MR) is 138 cm³/mol. The summed E-state index contributed by atoms with van der Waals surface area (Å²) in [6.45, 7) is 0.803. The molecule has 2 aromatic carbocycles. The molecule has 7 nitrogen and oxygen atoms in total. The number of hydrogen-bond acceptors (Lipinski definition) is 5. The van der Waals surface area contributed by atoms with Gasteiger partial charge in [-0.3, -0.25) is 9.48 Å². The largest absolute Gasteiger partial charge is 0.382 e. The minimum absolute atomic E-state index is 0.322. The van der Waals surface area contributed by atoms with E-state index in [-0.39, 0.29) is 0 Å². The van der Waals surface area contributed by atoms with Crippen LogP contribution >= 0.6 is 0 Å². The number of rotatable bonds is 9. The Morgan fingerprint density at radius 2 is 1.74 bits per heavy atom. The minimum Gasteiger partial charge on any atom is -0.382 e. The number of nitrogens with two attached hydrogens (primary N) is 1. The zero-order chi connectivity index (χ0) is 24.3. The molecule has 0 atom stereocenters. The fourth-order valence-electron chi connectivity index (χ4n) is 5.05. The van der Waals surface area contributed by atoms with Gasteiger partial charge in [0.15, 0.2) is 5.82 Å². The third-order valence-electron chi connectivity index (χ3n) is 7.41. The Labute approximate surface area is 206 Å². The molecule has 4 N–H and O–H groups in total. The second kappa shape index (κ2) is 9.83. The van der Waals surface area contributed by atoms with E-state index in [0.717, 1.165) is 37.9 Å². The molecule has 0 aliphatic heterocycles. The summed E-state index contributed by atoms with van der Waals surface area (Å²) in [6.07, 6.45) is 7.96. The maximum atomic E-state index is 12.1. The summed E-state index contributed by atoms with van der Waals surface area (Å²) >= 11 is 0. The van der Waals surface area contributed by atoms with Crippen LogP contribution < -0.4 is 16.4 Å². The van der Waals surface area contributed by atoms with Gasteiger partial charge in [0, 0.05) is 24.5 Å². The predicted octanol–water partition coefficient (Wildman–Crippen LogP) is 5.13. The van der Waals surface area contributed by atoms with Crippen molar-refractivity contribution in [3.63, 3.8) is 0 Å². The third-order valence-corrected chi connectivity index (χ3v) is 7.41. The molecule has 35 heavy (non-hydrogen) atoms. The number of aromatic nitrogens is 2. The van der Waals surface area contributed by atoms with Crippen LogP contribution in [0, 0.1) is 17.2 Å². The summed E-state index contributed by atoms with van der Waals surface area (Å²) in [5, 5.41) is 21.3. The maximum absolute atomic E-state index is 12.1. The lowest BCUT2D eigenvalue weighted by molar-refractivity contribution is 0.1000. The number of anilines is 2. The highest BCUT2D eigenvalue weighted by Crippen LogP contribution is 2.39. The molecular formula is C28H32N6O. The molecule has 0 radical (unpaired) electrons. The standard InChI is InChI=1S/C28H32N6O/c29-17-16-28(34-19-25(26(30)35)27(33-34)31-18-20-6-7-20)14-12-24(13-15-28)32-23-10-8-22(9-11-23)21-4-2-1-3-5-21/h1-5,8-11,19-20,24,32H,6-7,12-16,18H2,(H2,30,35)(H,31,33). The molecule has 0 saturated heterocycles. The van der Waals surface area contributed by atoms with E-state index < -0.39 is 11.4 Å². The molecule has 7 heteroatoms. The van der Waals surface area contributed by atoms with Crippen molar-refractivity contribution in [2.24, 2.45) is 11.7 Å². The van der Waals surface area contributed by atoms with Gasteiger partial charge in [-0.2, -0.15) is 10.4 Å². The van der Waals surface area contributed by atoms with E-state index in [1.54, 1.807) is 6.20 Å². The van der Waals surface area contributed by atoms with Crippen molar-refractivity contribution in [3.05, 3.63) is 66.4 Å². The molecular weight excluding hydrogens is 436 g/mol. The fourth-order valence-corrected chi connectivity index (χ4v) is 5.05. The first-order chi connectivity index (χ1) is 17.1. The van der Waals surface area contributed by atoms with E-state index >= 15 is 0 Å². The van der Waals surface area contributed by atoms with Gasteiger partial charge in [0.25, 0.3) is 5.91 Å². The van der Waals surface area contributed by atoms with Crippen LogP contribution in [0.4, 0.5) is 11.5 Å². The first-order valence-corrected chi connectivity index (χ1v) is 12.5. The quantitative estimate of drug-likeness (QED) is 0.403. The van der Waals surface area contributed by atoms with Gasteiger partial charge in [-0.25, -0.2) is 0 Å². The van der Waals surface area contributed by atoms with Gasteiger partial charge in [-0.1, -0.05) is 42.5 Å². The third kappa shape index (κ3) is 5.17. The normalized spacial score (nSPS) is 21.7. The number of benzene rings is 2. The van der Waals surface area contributed by atoms with E-state index in [4.69, 9.17) is 10.8 Å². The number of nitrogens with one attached hydrogen (secondary N) is 2. The Kier molecular flexibility index (Phi) is 6.45. The first kappa shape index (κ1) is 23.0. The number of carbonyl (C=O) groups is 1. The summed E-state index contributed by atoms with van der Waals surface area (Å²) in [5.74, 6) is 0.702. The fraction of sp³-hybridized carbons (Fsp3) is 0.393.